The van der Waals surface area contributed by atoms with Gasteiger partial charge >= 0.3 is 0 Å². The number of aromatic nitrogens is 1. The fourth-order valence-electron chi connectivity index (χ4n) is 2.42. The van der Waals surface area contributed by atoms with Crippen LogP contribution in [0.4, 0.5) is 0 Å². The lowest BCUT2D eigenvalue weighted by atomic mass is 9.73. The number of nitrogens with two attached hydrogens (primary N) is 1. The van der Waals surface area contributed by atoms with Crippen LogP contribution in [0.15, 0.2) is 22.9 Å². The fourth-order valence-corrected chi connectivity index (χ4v) is 2.83. The molecule has 17 heavy (non-hydrogen) atoms. The molecule has 0 amide bonds. The van der Waals surface area contributed by atoms with Crippen LogP contribution in [0, 0.1) is 0 Å². The molecule has 1 aromatic heterocycles. The summed E-state index contributed by atoms with van der Waals surface area (Å²) in [6.45, 7) is 0. The molecule has 5 heteroatoms. The Morgan fingerprint density at radius 2 is 2.35 bits per heavy atom. The zero-order valence-electron chi connectivity index (χ0n) is 9.95. The zero-order valence-corrected chi connectivity index (χ0v) is 11.5. The van der Waals surface area contributed by atoms with E-state index >= 15 is 0 Å². The second kappa shape index (κ2) is 5.44. The molecule has 0 spiro atoms. The summed E-state index contributed by atoms with van der Waals surface area (Å²) in [5.41, 5.74) is 3.95. The predicted molar refractivity (Wildman–Crippen MR) is 70.3 cm³/mol. The Kier molecular flexibility index (Phi) is 4.14. The molecule has 1 aliphatic carbocycles. The van der Waals surface area contributed by atoms with Crippen molar-refractivity contribution in [1.29, 1.82) is 0 Å². The van der Waals surface area contributed by atoms with Crippen LogP contribution in [0.5, 0.6) is 0 Å². The molecule has 3 N–H and O–H groups in total. The van der Waals surface area contributed by atoms with E-state index in [-0.39, 0.29) is 11.6 Å². The molecule has 4 nitrogen and oxygen atoms in total. The number of ether oxygens (including phenoxy) is 1. The lowest BCUT2D eigenvalue weighted by Crippen LogP contribution is -2.59. The van der Waals surface area contributed by atoms with Gasteiger partial charge in [-0.2, -0.15) is 0 Å². The van der Waals surface area contributed by atoms with E-state index in [1.54, 1.807) is 13.3 Å². The van der Waals surface area contributed by atoms with E-state index in [0.717, 1.165) is 29.3 Å². The standard InChI is InChI=1S/C12H18BrN3O/c1-17-12(3-2-4-12)11(16-14)6-9-5-10(13)8-15-7-9/h5,7-8,11,16H,2-4,6,14H2,1H3. The molecule has 1 aliphatic rings. The normalized spacial score (nSPS) is 19.7. The molecule has 1 heterocycles. The molecule has 1 fully saturated rings. The van der Waals surface area contributed by atoms with Crippen LogP contribution in [0.1, 0.15) is 24.8 Å². The monoisotopic (exact) mass is 299 g/mol. The van der Waals surface area contributed by atoms with Crippen molar-refractivity contribution in [1.82, 2.24) is 10.4 Å². The molecule has 1 unspecified atom stereocenters. The number of nitrogens with one attached hydrogen (secondary N) is 1. The van der Waals surface area contributed by atoms with E-state index in [2.05, 4.69) is 32.4 Å². The van der Waals surface area contributed by atoms with Gasteiger partial charge in [-0.3, -0.25) is 16.3 Å². The van der Waals surface area contributed by atoms with E-state index in [1.165, 1.54) is 6.42 Å². The maximum atomic E-state index is 5.67. The minimum Gasteiger partial charge on any atom is -0.377 e. The van der Waals surface area contributed by atoms with E-state index in [9.17, 15) is 0 Å². The highest BCUT2D eigenvalue weighted by molar-refractivity contribution is 9.10. The number of nitrogens with zero attached hydrogens (tertiary/aromatic N) is 1. The Hall–Kier alpha value is -0.490. The van der Waals surface area contributed by atoms with E-state index in [4.69, 9.17) is 10.6 Å². The Morgan fingerprint density at radius 1 is 1.59 bits per heavy atom. The van der Waals surface area contributed by atoms with Gasteiger partial charge in [0.1, 0.15) is 0 Å². The quantitative estimate of drug-likeness (QED) is 0.643. The molecule has 1 aromatic rings. The zero-order chi connectivity index (χ0) is 12.3. The van der Waals surface area contributed by atoms with Gasteiger partial charge in [-0.1, -0.05) is 0 Å². The van der Waals surface area contributed by atoms with Gasteiger partial charge in [0.25, 0.3) is 0 Å². The van der Waals surface area contributed by atoms with Gasteiger partial charge in [-0.25, -0.2) is 0 Å². The summed E-state index contributed by atoms with van der Waals surface area (Å²) in [6.07, 6.45) is 7.83. The Morgan fingerprint density at radius 3 is 2.82 bits per heavy atom. The van der Waals surface area contributed by atoms with Gasteiger partial charge in [0.05, 0.1) is 11.6 Å². The molecule has 2 rings (SSSR count). The molecule has 1 atom stereocenters. The van der Waals surface area contributed by atoms with Crippen molar-refractivity contribution in [2.24, 2.45) is 5.84 Å². The van der Waals surface area contributed by atoms with Crippen LogP contribution in [0.25, 0.3) is 0 Å². The summed E-state index contributed by atoms with van der Waals surface area (Å²) < 4.78 is 6.65. The van der Waals surface area contributed by atoms with Crippen molar-refractivity contribution < 1.29 is 4.74 Å². The number of rotatable bonds is 5. The van der Waals surface area contributed by atoms with Gasteiger partial charge in [-0.05, 0) is 53.2 Å². The summed E-state index contributed by atoms with van der Waals surface area (Å²) in [4.78, 5) is 4.17. The Balaban J connectivity index is 2.09. The predicted octanol–water partition coefficient (Wildman–Crippen LogP) is 1.79. The van der Waals surface area contributed by atoms with Crippen LogP contribution in [-0.4, -0.2) is 23.7 Å². The van der Waals surface area contributed by atoms with Crippen molar-refractivity contribution in [2.45, 2.75) is 37.3 Å². The van der Waals surface area contributed by atoms with E-state index in [0.29, 0.717) is 0 Å². The highest BCUT2D eigenvalue weighted by Gasteiger charge is 2.44. The lowest BCUT2D eigenvalue weighted by molar-refractivity contribution is -0.0982. The number of hydrogen-bond acceptors (Lipinski definition) is 4. The smallest absolute Gasteiger partial charge is 0.0847 e. The average Bonchev–Trinajstić information content (AvgIpc) is 2.27. The summed E-state index contributed by atoms with van der Waals surface area (Å²) in [5, 5.41) is 0. The first-order valence-corrected chi connectivity index (χ1v) is 6.60. The second-order valence-corrected chi connectivity index (χ2v) is 5.47. The van der Waals surface area contributed by atoms with Crippen molar-refractivity contribution in [2.75, 3.05) is 7.11 Å². The summed E-state index contributed by atoms with van der Waals surface area (Å²) in [6, 6.07) is 2.21. The molecule has 0 aliphatic heterocycles. The first kappa shape index (κ1) is 13.0. The third-order valence-electron chi connectivity index (χ3n) is 3.64. The number of hydrogen-bond donors (Lipinski definition) is 2. The molecule has 1 saturated carbocycles. The number of halogens is 1. The van der Waals surface area contributed by atoms with Crippen LogP contribution >= 0.6 is 15.9 Å². The average molecular weight is 300 g/mol. The van der Waals surface area contributed by atoms with Gasteiger partial charge in [0.2, 0.25) is 0 Å². The maximum Gasteiger partial charge on any atom is 0.0847 e. The van der Waals surface area contributed by atoms with Crippen molar-refractivity contribution in [3.63, 3.8) is 0 Å². The lowest BCUT2D eigenvalue weighted by Gasteiger charge is -2.46. The maximum absolute atomic E-state index is 5.67. The van der Waals surface area contributed by atoms with Crippen LogP contribution in [0.3, 0.4) is 0 Å². The largest absolute Gasteiger partial charge is 0.377 e. The first-order valence-electron chi connectivity index (χ1n) is 5.81. The van der Waals surface area contributed by atoms with Crippen LogP contribution < -0.4 is 11.3 Å². The van der Waals surface area contributed by atoms with Crippen LogP contribution in [-0.2, 0) is 11.2 Å². The Labute approximate surface area is 110 Å². The molecule has 0 aromatic carbocycles. The third-order valence-corrected chi connectivity index (χ3v) is 4.08. The van der Waals surface area contributed by atoms with Gasteiger partial charge in [0, 0.05) is 24.0 Å². The SMILES string of the molecule is COC1(C(Cc2cncc(Br)c2)NN)CCC1. The van der Waals surface area contributed by atoms with Crippen molar-refractivity contribution in [3.05, 3.63) is 28.5 Å². The number of pyridine rings is 1. The van der Waals surface area contributed by atoms with Gasteiger partial charge in [0.15, 0.2) is 0 Å². The summed E-state index contributed by atoms with van der Waals surface area (Å²) in [7, 11) is 1.77. The topological polar surface area (TPSA) is 60.2 Å². The minimum absolute atomic E-state index is 0.100. The first-order chi connectivity index (χ1) is 8.20. The number of methoxy groups -OCH3 is 1. The number of hydrazine groups is 1. The highest BCUT2D eigenvalue weighted by atomic mass is 79.9. The summed E-state index contributed by atoms with van der Waals surface area (Å²) >= 11 is 3.43. The minimum atomic E-state index is -0.100. The molecule has 0 bridgehead atoms. The Bertz CT molecular complexity index is 376. The second-order valence-electron chi connectivity index (χ2n) is 4.56. The van der Waals surface area contributed by atoms with Crippen LogP contribution in [0.2, 0.25) is 0 Å². The molecular formula is C12H18BrN3O. The van der Waals surface area contributed by atoms with E-state index in [1.807, 2.05) is 6.20 Å². The highest BCUT2D eigenvalue weighted by Crippen LogP contribution is 2.38. The molecular weight excluding hydrogens is 282 g/mol. The summed E-state index contributed by atoms with van der Waals surface area (Å²) in [5.74, 6) is 5.67. The van der Waals surface area contributed by atoms with Crippen molar-refractivity contribution >= 4 is 15.9 Å². The molecule has 94 valence electrons. The fraction of sp³-hybridized carbons (Fsp3) is 0.583. The van der Waals surface area contributed by atoms with E-state index < -0.39 is 0 Å². The molecule has 0 saturated heterocycles. The van der Waals surface area contributed by atoms with Gasteiger partial charge in [-0.15, -0.1) is 0 Å². The van der Waals surface area contributed by atoms with Crippen molar-refractivity contribution in [3.8, 4) is 0 Å². The van der Waals surface area contributed by atoms with Gasteiger partial charge < -0.3 is 4.74 Å². The molecule has 0 radical (unpaired) electrons. The third kappa shape index (κ3) is 2.68.